The van der Waals surface area contributed by atoms with Gasteiger partial charge in [-0.25, -0.2) is 9.37 Å². The molecule has 0 aliphatic heterocycles. The Balaban J connectivity index is 1.89. The molecule has 1 amide bonds. The molecule has 8 heteroatoms. The van der Waals surface area contributed by atoms with Crippen LogP contribution in [0.5, 0.6) is 0 Å². The van der Waals surface area contributed by atoms with E-state index in [4.69, 9.17) is 5.73 Å². The average Bonchev–Trinajstić information content (AvgIpc) is 2.74. The van der Waals surface area contributed by atoms with Crippen molar-refractivity contribution < 1.29 is 14.2 Å². The van der Waals surface area contributed by atoms with Crippen molar-refractivity contribution in [3.05, 3.63) is 71.5 Å². The van der Waals surface area contributed by atoms with Crippen molar-refractivity contribution in [3.8, 4) is 23.3 Å². The summed E-state index contributed by atoms with van der Waals surface area (Å²) >= 11 is 1.09. The summed E-state index contributed by atoms with van der Waals surface area (Å²) in [6, 6.07) is 18.6. The highest BCUT2D eigenvalue weighted by Crippen LogP contribution is 2.33. The van der Waals surface area contributed by atoms with E-state index in [1.54, 1.807) is 24.3 Å². The van der Waals surface area contributed by atoms with Crippen LogP contribution in [0, 0.1) is 28.5 Å². The number of carbonyl (C=O) groups is 1. The second kappa shape index (κ2) is 8.87. The molecule has 29 heavy (non-hydrogen) atoms. The van der Waals surface area contributed by atoms with Gasteiger partial charge in [0.25, 0.3) is 5.82 Å². The smallest absolute Gasteiger partial charge is 0.289 e. The first kappa shape index (κ1) is 19.9. The number of nitriles is 2. The first-order valence-electron chi connectivity index (χ1n) is 8.46. The zero-order valence-corrected chi connectivity index (χ0v) is 15.9. The molecule has 3 rings (SSSR count). The number of anilines is 2. The molecule has 0 radical (unpaired) electrons. The third-order valence-electron chi connectivity index (χ3n) is 4.01. The molecule has 2 aromatic carbocycles. The second-order valence-electron chi connectivity index (χ2n) is 5.93. The Morgan fingerprint density at radius 1 is 1.07 bits per heavy atom. The van der Waals surface area contributed by atoms with Crippen molar-refractivity contribution in [2.24, 2.45) is 0 Å². The molecule has 4 N–H and O–H groups in total. The third-order valence-corrected chi connectivity index (χ3v) is 5.01. The molecule has 0 unspecified atom stereocenters. The van der Waals surface area contributed by atoms with E-state index < -0.39 is 5.82 Å². The summed E-state index contributed by atoms with van der Waals surface area (Å²) in [5, 5.41) is 22.3. The predicted octanol–water partition coefficient (Wildman–Crippen LogP) is 3.36. The van der Waals surface area contributed by atoms with Gasteiger partial charge in [0.1, 0.15) is 29.1 Å². The van der Waals surface area contributed by atoms with E-state index in [0.29, 0.717) is 21.8 Å². The lowest BCUT2D eigenvalue weighted by molar-refractivity contribution is -0.410. The van der Waals surface area contributed by atoms with Crippen molar-refractivity contribution in [2.45, 2.75) is 5.03 Å². The number of aromatic amines is 1. The summed E-state index contributed by atoms with van der Waals surface area (Å²) in [5.41, 5.74) is 7.98. The highest BCUT2D eigenvalue weighted by Gasteiger charge is 2.24. The number of hydrogen-bond donors (Lipinski definition) is 2. The Hall–Kier alpha value is -3.88. The summed E-state index contributed by atoms with van der Waals surface area (Å²) in [6.45, 7) is 0. The largest absolute Gasteiger partial charge is 0.325 e. The maximum absolute atomic E-state index is 13.0. The van der Waals surface area contributed by atoms with Gasteiger partial charge in [0.05, 0.1) is 5.75 Å². The van der Waals surface area contributed by atoms with E-state index in [1.807, 2.05) is 12.1 Å². The van der Waals surface area contributed by atoms with Crippen LogP contribution in [0.15, 0.2) is 59.6 Å². The minimum atomic E-state index is -0.396. The number of H-pyrrole nitrogens is 1. The number of thioether (sulfide) groups is 1. The molecule has 6 nitrogen and oxygen atoms in total. The normalized spacial score (nSPS) is 10.0. The number of nitrogen functional groups attached to an aromatic ring is 1. The van der Waals surface area contributed by atoms with Gasteiger partial charge in [-0.05, 0) is 29.8 Å². The SMILES string of the molecule is N#Cc1c(N)[nH+]c(SCC(=O)Nc2ccc(F)cc2)c(C#N)c1-c1ccccc1. The van der Waals surface area contributed by atoms with Crippen LogP contribution in [-0.2, 0) is 4.79 Å². The molecule has 1 heterocycles. The van der Waals surface area contributed by atoms with E-state index in [9.17, 15) is 19.7 Å². The number of nitrogens with zero attached hydrogens (tertiary/aromatic N) is 2. The molecule has 0 bridgehead atoms. The molecule has 142 valence electrons. The van der Waals surface area contributed by atoms with Crippen LogP contribution in [0.2, 0.25) is 0 Å². The molecule has 1 aromatic heterocycles. The van der Waals surface area contributed by atoms with Crippen LogP contribution in [0.1, 0.15) is 11.1 Å². The molecule has 0 fully saturated rings. The number of benzene rings is 2. The molecular weight excluding hydrogens is 389 g/mol. The summed E-state index contributed by atoms with van der Waals surface area (Å²) in [6.07, 6.45) is 0. The topological polar surface area (TPSA) is 117 Å². The molecule has 0 aliphatic rings. The lowest BCUT2D eigenvalue weighted by atomic mass is 9.97. The Morgan fingerprint density at radius 2 is 1.72 bits per heavy atom. The molecule has 0 saturated heterocycles. The fraction of sp³-hybridized carbons (Fsp3) is 0.0476. The Kier molecular flexibility index (Phi) is 6.08. The second-order valence-corrected chi connectivity index (χ2v) is 6.91. The van der Waals surface area contributed by atoms with Gasteiger partial charge in [0.15, 0.2) is 5.03 Å². The standard InChI is InChI=1S/C21H14FN5OS/c22-14-6-8-15(9-7-14)26-18(28)12-29-21-17(11-24)19(13-4-2-1-3-5-13)16(10-23)20(25)27-21/h1-9H,12H2,(H2,25,27)(H,26,28)/p+1. The van der Waals surface area contributed by atoms with E-state index in [-0.39, 0.29) is 28.6 Å². The maximum atomic E-state index is 13.0. The number of hydrogen-bond acceptors (Lipinski definition) is 5. The molecule has 0 aliphatic carbocycles. The highest BCUT2D eigenvalue weighted by atomic mass is 32.2. The monoisotopic (exact) mass is 404 g/mol. The maximum Gasteiger partial charge on any atom is 0.289 e. The van der Waals surface area contributed by atoms with Crippen molar-refractivity contribution in [1.82, 2.24) is 0 Å². The van der Waals surface area contributed by atoms with Crippen molar-refractivity contribution >= 4 is 29.2 Å². The zero-order valence-electron chi connectivity index (χ0n) is 15.1. The molecule has 0 spiro atoms. The van der Waals surface area contributed by atoms with Gasteiger partial charge in [-0.2, -0.15) is 10.5 Å². The molecule has 3 aromatic rings. The number of aromatic nitrogens is 1. The van der Waals surface area contributed by atoms with Gasteiger partial charge in [0.2, 0.25) is 5.91 Å². The van der Waals surface area contributed by atoms with Crippen LogP contribution >= 0.6 is 11.8 Å². The third kappa shape index (κ3) is 4.52. The molecular formula is C21H15FN5OS+. The van der Waals surface area contributed by atoms with Crippen molar-refractivity contribution in [1.29, 1.82) is 10.5 Å². The van der Waals surface area contributed by atoms with Crippen molar-refractivity contribution in [2.75, 3.05) is 16.8 Å². The minimum absolute atomic E-state index is 0.0118. The van der Waals surface area contributed by atoms with Gasteiger partial charge in [-0.15, -0.1) is 0 Å². The quantitative estimate of drug-likeness (QED) is 0.633. The summed E-state index contributed by atoms with van der Waals surface area (Å²) in [4.78, 5) is 15.1. The van der Waals surface area contributed by atoms with Gasteiger partial charge in [-0.3, -0.25) is 10.5 Å². The van der Waals surface area contributed by atoms with E-state index >= 15 is 0 Å². The fourth-order valence-corrected chi connectivity index (χ4v) is 3.53. The van der Waals surface area contributed by atoms with Crippen molar-refractivity contribution in [3.63, 3.8) is 0 Å². The highest BCUT2D eigenvalue weighted by molar-refractivity contribution is 7.99. The first-order valence-corrected chi connectivity index (χ1v) is 9.44. The van der Waals surface area contributed by atoms with Gasteiger partial charge >= 0.3 is 0 Å². The zero-order chi connectivity index (χ0) is 20.8. The minimum Gasteiger partial charge on any atom is -0.325 e. The summed E-state index contributed by atoms with van der Waals surface area (Å²) < 4.78 is 13.0. The lowest BCUT2D eigenvalue weighted by Crippen LogP contribution is -2.20. The molecule has 0 atom stereocenters. The summed E-state index contributed by atoms with van der Waals surface area (Å²) in [7, 11) is 0. The number of pyridine rings is 1. The van der Waals surface area contributed by atoms with Gasteiger partial charge < -0.3 is 5.32 Å². The van der Waals surface area contributed by atoms with Crippen LogP contribution in [-0.4, -0.2) is 11.7 Å². The van der Waals surface area contributed by atoms with Crippen LogP contribution in [0.3, 0.4) is 0 Å². The Labute approximate surface area is 170 Å². The van der Waals surface area contributed by atoms with Crippen LogP contribution in [0.25, 0.3) is 11.1 Å². The first-order chi connectivity index (χ1) is 14.0. The van der Waals surface area contributed by atoms with Crippen LogP contribution in [0.4, 0.5) is 15.9 Å². The average molecular weight is 404 g/mol. The van der Waals surface area contributed by atoms with Crippen LogP contribution < -0.4 is 16.0 Å². The summed E-state index contributed by atoms with van der Waals surface area (Å²) in [5.74, 6) is -0.621. The van der Waals surface area contributed by atoms with Gasteiger partial charge in [0, 0.05) is 11.3 Å². The Morgan fingerprint density at radius 3 is 2.34 bits per heavy atom. The fourth-order valence-electron chi connectivity index (χ4n) is 2.71. The van der Waals surface area contributed by atoms with E-state index in [2.05, 4.69) is 16.4 Å². The number of carbonyl (C=O) groups excluding carboxylic acids is 1. The Bertz CT molecular complexity index is 1130. The predicted molar refractivity (Wildman–Crippen MR) is 108 cm³/mol. The number of rotatable bonds is 5. The number of nitrogens with one attached hydrogen (secondary N) is 2. The lowest BCUT2D eigenvalue weighted by Gasteiger charge is -2.10. The number of nitrogens with two attached hydrogens (primary N) is 1. The van der Waals surface area contributed by atoms with E-state index in [1.165, 1.54) is 24.3 Å². The van der Waals surface area contributed by atoms with Gasteiger partial charge in [-0.1, -0.05) is 42.1 Å². The number of amides is 1. The van der Waals surface area contributed by atoms with E-state index in [0.717, 1.165) is 11.8 Å². The molecule has 0 saturated carbocycles. The number of halogens is 1.